The molecule has 5 heteroatoms. The Morgan fingerprint density at radius 3 is 2.72 bits per heavy atom. The summed E-state index contributed by atoms with van der Waals surface area (Å²) in [6.45, 7) is 6.86. The van der Waals surface area contributed by atoms with Gasteiger partial charge < -0.3 is 9.64 Å². The first kappa shape index (κ1) is 16.5. The first-order chi connectivity index (χ1) is 12.3. The molecule has 0 N–H and O–H groups in total. The number of anilines is 1. The Kier molecular flexibility index (Phi) is 4.95. The van der Waals surface area contributed by atoms with Crippen LogP contribution in [0.25, 0.3) is 0 Å². The van der Waals surface area contributed by atoms with Crippen LogP contribution in [0.15, 0.2) is 48.9 Å². The third kappa shape index (κ3) is 3.99. The monoisotopic (exact) mass is 338 g/mol. The molecule has 0 unspecified atom stereocenters. The van der Waals surface area contributed by atoms with Gasteiger partial charge in [0.2, 0.25) is 0 Å². The molecular formula is C20H26N4O. The van der Waals surface area contributed by atoms with Gasteiger partial charge in [0.05, 0.1) is 30.8 Å². The molecule has 1 spiro atoms. The standard InChI is InChI=1S/C20H26N4O/c1-2-9-22-18(4-1)15-23-10-6-20(7-11-23)16-24(12-13-25-17-20)19-5-3-8-21-14-19/h1-5,8-9,14H,6-7,10-13,15-17H2. The van der Waals surface area contributed by atoms with E-state index in [2.05, 4.69) is 38.0 Å². The third-order valence-corrected chi connectivity index (χ3v) is 5.48. The number of ether oxygens (including phenoxy) is 1. The maximum atomic E-state index is 6.00. The Morgan fingerprint density at radius 1 is 1.04 bits per heavy atom. The van der Waals surface area contributed by atoms with Crippen molar-refractivity contribution in [3.05, 3.63) is 54.6 Å². The fraction of sp³-hybridized carbons (Fsp3) is 0.500. The smallest absolute Gasteiger partial charge is 0.0641 e. The average molecular weight is 338 g/mol. The molecule has 132 valence electrons. The molecule has 0 saturated carbocycles. The maximum absolute atomic E-state index is 6.00. The Hall–Kier alpha value is -1.98. The van der Waals surface area contributed by atoms with Gasteiger partial charge in [-0.1, -0.05) is 6.07 Å². The number of nitrogens with zero attached hydrogens (tertiary/aromatic N) is 4. The molecule has 4 rings (SSSR count). The van der Waals surface area contributed by atoms with Crippen molar-refractivity contribution < 1.29 is 4.74 Å². The summed E-state index contributed by atoms with van der Waals surface area (Å²) < 4.78 is 6.00. The van der Waals surface area contributed by atoms with Crippen LogP contribution in [0.5, 0.6) is 0 Å². The number of aromatic nitrogens is 2. The van der Waals surface area contributed by atoms with E-state index in [9.17, 15) is 0 Å². The number of rotatable bonds is 3. The van der Waals surface area contributed by atoms with E-state index in [0.717, 1.165) is 51.6 Å². The molecule has 2 fully saturated rings. The van der Waals surface area contributed by atoms with E-state index in [0.29, 0.717) is 0 Å². The zero-order valence-corrected chi connectivity index (χ0v) is 14.7. The van der Waals surface area contributed by atoms with Gasteiger partial charge >= 0.3 is 0 Å². The molecule has 0 atom stereocenters. The van der Waals surface area contributed by atoms with Crippen LogP contribution < -0.4 is 4.90 Å². The van der Waals surface area contributed by atoms with Crippen molar-refractivity contribution in [3.63, 3.8) is 0 Å². The zero-order valence-electron chi connectivity index (χ0n) is 14.7. The van der Waals surface area contributed by atoms with Crippen LogP contribution in [0.1, 0.15) is 18.5 Å². The Bertz CT molecular complexity index is 656. The van der Waals surface area contributed by atoms with Crippen LogP contribution in [0.2, 0.25) is 0 Å². The fourth-order valence-electron chi connectivity index (χ4n) is 3.96. The highest BCUT2D eigenvalue weighted by Crippen LogP contribution is 2.36. The van der Waals surface area contributed by atoms with Crippen LogP contribution in [-0.2, 0) is 11.3 Å². The maximum Gasteiger partial charge on any atom is 0.0641 e. The van der Waals surface area contributed by atoms with Gasteiger partial charge in [-0.2, -0.15) is 0 Å². The summed E-state index contributed by atoms with van der Waals surface area (Å²) in [6.07, 6.45) is 8.04. The van der Waals surface area contributed by atoms with E-state index in [4.69, 9.17) is 4.74 Å². The summed E-state index contributed by atoms with van der Waals surface area (Å²) in [4.78, 5) is 13.7. The average Bonchev–Trinajstić information content (AvgIpc) is 2.88. The summed E-state index contributed by atoms with van der Waals surface area (Å²) in [5, 5.41) is 0. The quantitative estimate of drug-likeness (QED) is 0.860. The summed E-state index contributed by atoms with van der Waals surface area (Å²) in [7, 11) is 0. The number of hydrogen-bond donors (Lipinski definition) is 0. The molecule has 5 nitrogen and oxygen atoms in total. The topological polar surface area (TPSA) is 41.5 Å². The van der Waals surface area contributed by atoms with E-state index in [1.54, 1.807) is 0 Å². The number of pyridine rings is 2. The second kappa shape index (κ2) is 7.50. The van der Waals surface area contributed by atoms with Crippen molar-refractivity contribution in [2.75, 3.05) is 44.3 Å². The molecule has 2 saturated heterocycles. The van der Waals surface area contributed by atoms with Crippen molar-refractivity contribution >= 4 is 5.69 Å². The molecule has 2 aliphatic rings. The van der Waals surface area contributed by atoms with E-state index < -0.39 is 0 Å². The predicted octanol–water partition coefficient (Wildman–Crippen LogP) is 2.60. The van der Waals surface area contributed by atoms with E-state index in [1.807, 2.05) is 30.7 Å². The van der Waals surface area contributed by atoms with Crippen LogP contribution in [0, 0.1) is 5.41 Å². The van der Waals surface area contributed by atoms with Crippen LogP contribution >= 0.6 is 0 Å². The Labute approximate surface area is 149 Å². The molecule has 2 aromatic rings. The lowest BCUT2D eigenvalue weighted by Crippen LogP contribution is -2.47. The lowest BCUT2D eigenvalue weighted by Gasteiger charge is -2.42. The van der Waals surface area contributed by atoms with Crippen molar-refractivity contribution in [1.29, 1.82) is 0 Å². The van der Waals surface area contributed by atoms with Gasteiger partial charge in [-0.25, -0.2) is 0 Å². The Balaban J connectivity index is 1.40. The van der Waals surface area contributed by atoms with Crippen LogP contribution in [0.4, 0.5) is 5.69 Å². The predicted molar refractivity (Wildman–Crippen MR) is 98.5 cm³/mol. The van der Waals surface area contributed by atoms with Gasteiger partial charge in [0.15, 0.2) is 0 Å². The summed E-state index contributed by atoms with van der Waals surface area (Å²) >= 11 is 0. The minimum atomic E-state index is 0.257. The molecule has 25 heavy (non-hydrogen) atoms. The van der Waals surface area contributed by atoms with Crippen LogP contribution in [-0.4, -0.2) is 54.3 Å². The van der Waals surface area contributed by atoms with E-state index >= 15 is 0 Å². The molecular weight excluding hydrogens is 312 g/mol. The zero-order chi connectivity index (χ0) is 17.0. The molecule has 4 heterocycles. The highest BCUT2D eigenvalue weighted by Gasteiger charge is 2.38. The number of hydrogen-bond acceptors (Lipinski definition) is 5. The SMILES string of the molecule is c1ccc(CN2CCC3(CC2)COCCN(c2cccnc2)C3)nc1. The van der Waals surface area contributed by atoms with Gasteiger partial charge in [-0.05, 0) is 50.2 Å². The highest BCUT2D eigenvalue weighted by atomic mass is 16.5. The Morgan fingerprint density at radius 2 is 1.96 bits per heavy atom. The molecule has 2 aromatic heterocycles. The minimum absolute atomic E-state index is 0.257. The van der Waals surface area contributed by atoms with Gasteiger partial charge in [0, 0.05) is 37.4 Å². The molecule has 2 aliphatic heterocycles. The van der Waals surface area contributed by atoms with Gasteiger partial charge in [-0.15, -0.1) is 0 Å². The lowest BCUT2D eigenvalue weighted by atomic mass is 9.78. The molecule has 0 radical (unpaired) electrons. The molecule has 0 amide bonds. The highest BCUT2D eigenvalue weighted by molar-refractivity contribution is 5.44. The number of piperidine rings is 1. The second-order valence-electron chi connectivity index (χ2n) is 7.28. The van der Waals surface area contributed by atoms with Crippen molar-refractivity contribution in [2.24, 2.45) is 5.41 Å². The van der Waals surface area contributed by atoms with Gasteiger partial charge in [-0.3, -0.25) is 14.9 Å². The van der Waals surface area contributed by atoms with Crippen LogP contribution in [0.3, 0.4) is 0 Å². The van der Waals surface area contributed by atoms with Gasteiger partial charge in [0.25, 0.3) is 0 Å². The van der Waals surface area contributed by atoms with Crippen molar-refractivity contribution in [2.45, 2.75) is 19.4 Å². The normalized spacial score (nSPS) is 21.2. The van der Waals surface area contributed by atoms with Gasteiger partial charge in [0.1, 0.15) is 0 Å². The molecule has 0 aromatic carbocycles. The summed E-state index contributed by atoms with van der Waals surface area (Å²) in [6, 6.07) is 10.3. The first-order valence-electron chi connectivity index (χ1n) is 9.18. The first-order valence-corrected chi connectivity index (χ1v) is 9.18. The minimum Gasteiger partial charge on any atom is -0.379 e. The van der Waals surface area contributed by atoms with E-state index in [-0.39, 0.29) is 5.41 Å². The van der Waals surface area contributed by atoms with E-state index in [1.165, 1.54) is 18.5 Å². The summed E-state index contributed by atoms with van der Waals surface area (Å²) in [5.41, 5.74) is 2.63. The molecule has 0 bridgehead atoms. The lowest BCUT2D eigenvalue weighted by molar-refractivity contribution is 0.0198. The fourth-order valence-corrected chi connectivity index (χ4v) is 3.96. The largest absolute Gasteiger partial charge is 0.379 e. The second-order valence-corrected chi connectivity index (χ2v) is 7.28. The summed E-state index contributed by atoms with van der Waals surface area (Å²) in [5.74, 6) is 0. The third-order valence-electron chi connectivity index (χ3n) is 5.48. The van der Waals surface area contributed by atoms with Crippen molar-refractivity contribution in [3.8, 4) is 0 Å². The van der Waals surface area contributed by atoms with Crippen molar-refractivity contribution in [1.82, 2.24) is 14.9 Å². The number of likely N-dealkylation sites (tertiary alicyclic amines) is 1. The molecule has 0 aliphatic carbocycles.